The smallest absolute Gasteiger partial charge is 0.227 e. The lowest BCUT2D eigenvalue weighted by atomic mass is 10.1. The van der Waals surface area contributed by atoms with E-state index in [1.54, 1.807) is 20.3 Å². The summed E-state index contributed by atoms with van der Waals surface area (Å²) < 4.78 is 10.6. The zero-order valence-electron chi connectivity index (χ0n) is 15.8. The van der Waals surface area contributed by atoms with Gasteiger partial charge in [-0.15, -0.1) is 0 Å². The molecule has 2 heterocycles. The van der Waals surface area contributed by atoms with E-state index in [1.165, 1.54) is 0 Å². The first kappa shape index (κ1) is 18.2. The number of carbonyl (C=O) groups is 1. The molecule has 6 nitrogen and oxygen atoms in total. The fourth-order valence-corrected chi connectivity index (χ4v) is 3.09. The number of carbonyl (C=O) groups excluding carboxylic acids is 1. The quantitative estimate of drug-likeness (QED) is 0.797. The monoisotopic (exact) mass is 355 g/mol. The van der Waals surface area contributed by atoms with Crippen LogP contribution in [-0.2, 0) is 30.7 Å². The summed E-state index contributed by atoms with van der Waals surface area (Å²) in [5.41, 5.74) is 2.87. The Bertz CT molecular complexity index is 783. The van der Waals surface area contributed by atoms with Crippen molar-refractivity contribution in [1.29, 1.82) is 0 Å². The maximum Gasteiger partial charge on any atom is 0.227 e. The molecule has 1 amide bonds. The van der Waals surface area contributed by atoms with E-state index >= 15 is 0 Å². The molecule has 0 atom stereocenters. The minimum atomic E-state index is 0.0590. The lowest BCUT2D eigenvalue weighted by molar-refractivity contribution is -0.131. The SMILES string of the molecule is COc1cc(CC(=O)N2Cc3cnc(CC(C)C)nc3C2)cc(OC)c1. The van der Waals surface area contributed by atoms with Crippen LogP contribution in [0.1, 0.15) is 36.5 Å². The predicted molar refractivity (Wildman–Crippen MR) is 98.1 cm³/mol. The van der Waals surface area contributed by atoms with Crippen LogP contribution in [0.25, 0.3) is 0 Å². The largest absolute Gasteiger partial charge is 0.497 e. The highest BCUT2D eigenvalue weighted by Crippen LogP contribution is 2.25. The average Bonchev–Trinajstić information content (AvgIpc) is 3.04. The van der Waals surface area contributed by atoms with E-state index in [4.69, 9.17) is 9.47 Å². The molecule has 1 aromatic heterocycles. The van der Waals surface area contributed by atoms with Crippen molar-refractivity contribution in [3.8, 4) is 11.5 Å². The summed E-state index contributed by atoms with van der Waals surface area (Å²) in [6.45, 7) is 5.41. The number of hydrogen-bond acceptors (Lipinski definition) is 5. The van der Waals surface area contributed by atoms with E-state index in [2.05, 4.69) is 23.8 Å². The normalized spacial score (nSPS) is 13.0. The first-order valence-electron chi connectivity index (χ1n) is 8.82. The third-order valence-electron chi connectivity index (χ3n) is 4.42. The van der Waals surface area contributed by atoms with Crippen LogP contribution in [0, 0.1) is 5.92 Å². The Balaban J connectivity index is 1.70. The van der Waals surface area contributed by atoms with Crippen LogP contribution in [-0.4, -0.2) is 35.0 Å². The van der Waals surface area contributed by atoms with E-state index < -0.39 is 0 Å². The van der Waals surface area contributed by atoms with Gasteiger partial charge in [-0.1, -0.05) is 13.8 Å². The molecule has 26 heavy (non-hydrogen) atoms. The fourth-order valence-electron chi connectivity index (χ4n) is 3.09. The van der Waals surface area contributed by atoms with Crippen molar-refractivity contribution in [3.05, 3.63) is 47.0 Å². The molecular formula is C20H25N3O3. The van der Waals surface area contributed by atoms with Gasteiger partial charge in [0.25, 0.3) is 0 Å². The molecule has 0 saturated heterocycles. The van der Waals surface area contributed by atoms with Crippen molar-refractivity contribution in [2.24, 2.45) is 5.92 Å². The van der Waals surface area contributed by atoms with Gasteiger partial charge in [-0.25, -0.2) is 9.97 Å². The van der Waals surface area contributed by atoms with Crippen LogP contribution in [0.15, 0.2) is 24.4 Å². The van der Waals surface area contributed by atoms with Gasteiger partial charge in [0, 0.05) is 30.8 Å². The topological polar surface area (TPSA) is 64.5 Å². The molecule has 0 saturated carbocycles. The van der Waals surface area contributed by atoms with Crippen LogP contribution in [0.3, 0.4) is 0 Å². The molecule has 0 spiro atoms. The van der Waals surface area contributed by atoms with Gasteiger partial charge < -0.3 is 14.4 Å². The highest BCUT2D eigenvalue weighted by Gasteiger charge is 2.25. The van der Waals surface area contributed by atoms with Crippen LogP contribution in [0.4, 0.5) is 0 Å². The van der Waals surface area contributed by atoms with Crippen molar-refractivity contribution in [2.75, 3.05) is 14.2 Å². The second-order valence-electron chi connectivity index (χ2n) is 7.00. The lowest BCUT2D eigenvalue weighted by Gasteiger charge is -2.15. The number of fused-ring (bicyclic) bond motifs is 1. The van der Waals surface area contributed by atoms with Crippen LogP contribution in [0.5, 0.6) is 11.5 Å². The second-order valence-corrected chi connectivity index (χ2v) is 7.00. The minimum Gasteiger partial charge on any atom is -0.497 e. The fraction of sp³-hybridized carbons (Fsp3) is 0.450. The third kappa shape index (κ3) is 4.12. The molecule has 1 aromatic carbocycles. The van der Waals surface area contributed by atoms with Gasteiger partial charge in [-0.2, -0.15) is 0 Å². The Hall–Kier alpha value is -2.63. The summed E-state index contributed by atoms with van der Waals surface area (Å²) in [6.07, 6.45) is 3.01. The zero-order chi connectivity index (χ0) is 18.7. The first-order valence-corrected chi connectivity index (χ1v) is 8.82. The Kier molecular flexibility index (Phi) is 5.40. The average molecular weight is 355 g/mol. The number of benzene rings is 1. The van der Waals surface area contributed by atoms with Crippen molar-refractivity contribution in [2.45, 2.75) is 39.8 Å². The number of aromatic nitrogens is 2. The minimum absolute atomic E-state index is 0.0590. The van der Waals surface area contributed by atoms with Gasteiger partial charge in [0.2, 0.25) is 5.91 Å². The molecular weight excluding hydrogens is 330 g/mol. The summed E-state index contributed by atoms with van der Waals surface area (Å²) in [6, 6.07) is 5.53. The Morgan fingerprint density at radius 2 is 1.85 bits per heavy atom. The first-order chi connectivity index (χ1) is 12.5. The number of amides is 1. The van der Waals surface area contributed by atoms with Gasteiger partial charge >= 0.3 is 0 Å². The zero-order valence-corrected chi connectivity index (χ0v) is 15.8. The number of ether oxygens (including phenoxy) is 2. The van der Waals surface area contributed by atoms with Crippen LogP contribution in [0.2, 0.25) is 0 Å². The predicted octanol–water partition coefficient (Wildman–Crippen LogP) is 2.78. The molecule has 1 aliphatic heterocycles. The van der Waals surface area contributed by atoms with E-state index in [0.29, 0.717) is 36.9 Å². The number of nitrogens with zero attached hydrogens (tertiary/aromatic N) is 3. The van der Waals surface area contributed by atoms with Gasteiger partial charge in [-0.05, 0) is 23.6 Å². The van der Waals surface area contributed by atoms with Gasteiger partial charge in [0.15, 0.2) is 0 Å². The molecule has 0 aliphatic carbocycles. The summed E-state index contributed by atoms with van der Waals surface area (Å²) in [4.78, 5) is 23.6. The van der Waals surface area contributed by atoms with Crippen LogP contribution >= 0.6 is 0 Å². The highest BCUT2D eigenvalue weighted by molar-refractivity contribution is 5.79. The third-order valence-corrected chi connectivity index (χ3v) is 4.42. The molecule has 6 heteroatoms. The molecule has 2 aromatic rings. The second kappa shape index (κ2) is 7.72. The maximum absolute atomic E-state index is 12.7. The summed E-state index contributed by atoms with van der Waals surface area (Å²) in [5, 5.41) is 0. The van der Waals surface area contributed by atoms with Crippen molar-refractivity contribution in [3.63, 3.8) is 0 Å². The lowest BCUT2D eigenvalue weighted by Crippen LogP contribution is -2.27. The molecule has 1 aliphatic rings. The van der Waals surface area contributed by atoms with Gasteiger partial charge in [0.1, 0.15) is 17.3 Å². The van der Waals surface area contributed by atoms with E-state index in [1.807, 2.05) is 23.2 Å². The van der Waals surface area contributed by atoms with E-state index in [9.17, 15) is 4.79 Å². The highest BCUT2D eigenvalue weighted by atomic mass is 16.5. The molecule has 138 valence electrons. The van der Waals surface area contributed by atoms with Gasteiger partial charge in [0.05, 0.1) is 32.9 Å². The van der Waals surface area contributed by atoms with Crippen molar-refractivity contribution < 1.29 is 14.3 Å². The number of hydrogen-bond donors (Lipinski definition) is 0. The summed E-state index contributed by atoms with van der Waals surface area (Å²) >= 11 is 0. The Morgan fingerprint density at radius 3 is 2.46 bits per heavy atom. The summed E-state index contributed by atoms with van der Waals surface area (Å²) in [5.74, 6) is 2.78. The molecule has 0 unspecified atom stereocenters. The molecule has 3 rings (SSSR count). The number of rotatable bonds is 6. The van der Waals surface area contributed by atoms with Gasteiger partial charge in [-0.3, -0.25) is 4.79 Å². The van der Waals surface area contributed by atoms with Crippen molar-refractivity contribution >= 4 is 5.91 Å². The Morgan fingerprint density at radius 1 is 1.15 bits per heavy atom. The van der Waals surface area contributed by atoms with E-state index in [0.717, 1.165) is 29.1 Å². The molecule has 0 N–H and O–H groups in total. The molecule has 0 radical (unpaired) electrons. The molecule has 0 fully saturated rings. The summed E-state index contributed by atoms with van der Waals surface area (Å²) in [7, 11) is 3.20. The van der Waals surface area contributed by atoms with Crippen LogP contribution < -0.4 is 9.47 Å². The molecule has 0 bridgehead atoms. The maximum atomic E-state index is 12.7. The Labute approximate surface area is 154 Å². The number of methoxy groups -OCH3 is 2. The van der Waals surface area contributed by atoms with E-state index in [-0.39, 0.29) is 5.91 Å². The van der Waals surface area contributed by atoms with Crippen molar-refractivity contribution in [1.82, 2.24) is 14.9 Å². The standard InChI is InChI=1S/C20H25N3O3/c1-13(2)5-19-21-10-15-11-23(12-18(15)22-19)20(24)8-14-6-16(25-3)9-17(7-14)26-4/h6-7,9-10,13H,5,8,11-12H2,1-4H3.